The fourth-order valence-electron chi connectivity index (χ4n) is 0.972. The van der Waals surface area contributed by atoms with Crippen LogP contribution in [0.3, 0.4) is 0 Å². The predicted octanol–water partition coefficient (Wildman–Crippen LogP) is 1.74. The van der Waals surface area contributed by atoms with Crippen LogP contribution in [-0.2, 0) is 4.79 Å². The topological polar surface area (TPSA) is 17.1 Å². The molecular weight excluding hydrogens is 124 g/mol. The minimum Gasteiger partial charge on any atom is -0.300 e. The zero-order valence-electron chi connectivity index (χ0n) is 4.69. The van der Waals surface area contributed by atoms with Crippen molar-refractivity contribution in [2.75, 3.05) is 0 Å². The van der Waals surface area contributed by atoms with E-state index in [-0.39, 0.29) is 5.38 Å². The first-order valence-electron chi connectivity index (χ1n) is 2.95. The monoisotopic (exact) mass is 132 g/mol. The lowest BCUT2D eigenvalue weighted by Crippen LogP contribution is -2.13. The minimum absolute atomic E-state index is 0.135. The number of halogens is 1. The van der Waals surface area contributed by atoms with Gasteiger partial charge >= 0.3 is 0 Å². The zero-order chi connectivity index (χ0) is 5.98. The Hall–Kier alpha value is -0.0400. The summed E-state index contributed by atoms with van der Waals surface area (Å²) in [6.45, 7) is 0. The van der Waals surface area contributed by atoms with E-state index in [0.717, 1.165) is 19.3 Å². The van der Waals surface area contributed by atoms with E-state index in [2.05, 4.69) is 0 Å². The summed E-state index contributed by atoms with van der Waals surface area (Å²) in [5.74, 6) is 0.330. The number of carbonyl (C=O) groups is 1. The van der Waals surface area contributed by atoms with Gasteiger partial charge in [0.1, 0.15) is 5.78 Å². The highest BCUT2D eigenvalue weighted by Crippen LogP contribution is 2.18. The molecule has 0 N–H and O–H groups in total. The van der Waals surface area contributed by atoms with Crippen molar-refractivity contribution in [3.63, 3.8) is 0 Å². The molecule has 0 amide bonds. The highest BCUT2D eigenvalue weighted by atomic mass is 35.5. The smallest absolute Gasteiger partial charge is 0.134 e. The maximum absolute atomic E-state index is 10.6. The van der Waals surface area contributed by atoms with E-state index >= 15 is 0 Å². The molecule has 0 aromatic heterocycles. The van der Waals surface area contributed by atoms with Gasteiger partial charge in [0.05, 0.1) is 0 Å². The number of carbonyl (C=O) groups excluding carboxylic acids is 1. The lowest BCUT2D eigenvalue weighted by molar-refractivity contribution is -0.120. The van der Waals surface area contributed by atoms with Crippen molar-refractivity contribution >= 4 is 17.4 Å². The molecule has 1 nitrogen and oxygen atoms in total. The van der Waals surface area contributed by atoms with Gasteiger partial charge in [-0.3, -0.25) is 4.79 Å². The summed E-state index contributed by atoms with van der Waals surface area (Å²) in [6.07, 6.45) is 3.37. The van der Waals surface area contributed by atoms with Crippen LogP contribution in [0.5, 0.6) is 0 Å². The summed E-state index contributed by atoms with van der Waals surface area (Å²) >= 11 is 5.69. The highest BCUT2D eigenvalue weighted by molar-refractivity contribution is 6.22. The molecule has 0 radical (unpaired) electrons. The maximum Gasteiger partial charge on any atom is 0.134 e. The lowest BCUT2D eigenvalue weighted by Gasteiger charge is -2.12. The summed E-state index contributed by atoms with van der Waals surface area (Å²) < 4.78 is 0. The van der Waals surface area contributed by atoms with Gasteiger partial charge < -0.3 is 0 Å². The molecule has 0 spiro atoms. The predicted molar refractivity (Wildman–Crippen MR) is 33.1 cm³/mol. The quantitative estimate of drug-likeness (QED) is 0.459. The van der Waals surface area contributed by atoms with Gasteiger partial charge in [-0.25, -0.2) is 0 Å². The van der Waals surface area contributed by atoms with Gasteiger partial charge in [-0.15, -0.1) is 11.6 Å². The van der Waals surface area contributed by atoms with E-state index < -0.39 is 0 Å². The summed E-state index contributed by atoms with van der Waals surface area (Å²) in [7, 11) is 0. The van der Waals surface area contributed by atoms with Crippen molar-refractivity contribution in [3.05, 3.63) is 0 Å². The largest absolute Gasteiger partial charge is 0.300 e. The number of hydrogen-bond acceptors (Lipinski definition) is 1. The standard InChI is InChI=1S/C6H9ClO/c7-5-2-1-3-6(8)4-5/h5H,1-4H2/t5-/m1/s1. The average molecular weight is 133 g/mol. The fraction of sp³-hybridized carbons (Fsp3) is 0.833. The molecule has 0 aromatic carbocycles. The molecule has 0 saturated heterocycles. The van der Waals surface area contributed by atoms with E-state index in [1.807, 2.05) is 0 Å². The van der Waals surface area contributed by atoms with Crippen LogP contribution in [0.4, 0.5) is 0 Å². The van der Waals surface area contributed by atoms with Crippen LogP contribution in [0.1, 0.15) is 25.7 Å². The molecule has 1 aliphatic carbocycles. The van der Waals surface area contributed by atoms with Crippen LogP contribution >= 0.6 is 11.6 Å². The van der Waals surface area contributed by atoms with Crippen molar-refractivity contribution in [3.8, 4) is 0 Å². The Morgan fingerprint density at radius 3 is 2.75 bits per heavy atom. The van der Waals surface area contributed by atoms with Crippen LogP contribution in [0, 0.1) is 0 Å². The number of Topliss-reactive ketones (excluding diaryl/α,β-unsaturated/α-hetero) is 1. The Labute approximate surface area is 54.0 Å². The Kier molecular flexibility index (Phi) is 1.90. The molecule has 1 rings (SSSR count). The Morgan fingerprint density at radius 1 is 1.62 bits per heavy atom. The van der Waals surface area contributed by atoms with Gasteiger partial charge in [-0.1, -0.05) is 0 Å². The molecule has 1 fully saturated rings. The normalized spacial score (nSPS) is 30.6. The van der Waals surface area contributed by atoms with Gasteiger partial charge in [-0.2, -0.15) is 0 Å². The lowest BCUT2D eigenvalue weighted by atomic mass is 9.99. The third-order valence-electron chi connectivity index (χ3n) is 1.42. The second-order valence-corrected chi connectivity index (χ2v) is 2.85. The summed E-state index contributed by atoms with van der Waals surface area (Å²) in [5.41, 5.74) is 0. The van der Waals surface area contributed by atoms with Crippen molar-refractivity contribution in [2.24, 2.45) is 0 Å². The molecule has 0 heterocycles. The Balaban J connectivity index is 2.34. The van der Waals surface area contributed by atoms with Gasteiger partial charge in [0.15, 0.2) is 0 Å². The van der Waals surface area contributed by atoms with Crippen molar-refractivity contribution in [1.29, 1.82) is 0 Å². The third-order valence-corrected chi connectivity index (χ3v) is 1.79. The van der Waals surface area contributed by atoms with Crippen molar-refractivity contribution < 1.29 is 4.79 Å². The molecule has 0 aromatic rings. The van der Waals surface area contributed by atoms with Crippen LogP contribution in [0.2, 0.25) is 0 Å². The molecule has 46 valence electrons. The minimum atomic E-state index is 0.135. The number of rotatable bonds is 0. The van der Waals surface area contributed by atoms with E-state index in [0.29, 0.717) is 12.2 Å². The fourth-order valence-corrected chi connectivity index (χ4v) is 1.30. The molecule has 0 unspecified atom stereocenters. The van der Waals surface area contributed by atoms with Gasteiger partial charge in [0.2, 0.25) is 0 Å². The van der Waals surface area contributed by atoms with Crippen molar-refractivity contribution in [2.45, 2.75) is 31.1 Å². The van der Waals surface area contributed by atoms with Crippen LogP contribution in [0.25, 0.3) is 0 Å². The van der Waals surface area contributed by atoms with Gasteiger partial charge in [-0.05, 0) is 12.8 Å². The second kappa shape index (κ2) is 2.49. The summed E-state index contributed by atoms with van der Waals surface area (Å²) in [5, 5.41) is 0.135. The summed E-state index contributed by atoms with van der Waals surface area (Å²) in [4.78, 5) is 10.6. The van der Waals surface area contributed by atoms with Crippen LogP contribution < -0.4 is 0 Å². The van der Waals surface area contributed by atoms with Crippen LogP contribution in [-0.4, -0.2) is 11.2 Å². The Morgan fingerprint density at radius 2 is 2.38 bits per heavy atom. The first-order chi connectivity index (χ1) is 3.79. The molecular formula is C6H9ClO. The number of ketones is 1. The Bertz CT molecular complexity index is 101. The first kappa shape index (κ1) is 6.09. The molecule has 8 heavy (non-hydrogen) atoms. The maximum atomic E-state index is 10.6. The van der Waals surface area contributed by atoms with Crippen LogP contribution in [0.15, 0.2) is 0 Å². The second-order valence-electron chi connectivity index (χ2n) is 2.23. The number of alkyl halides is 1. The average Bonchev–Trinajstić information content (AvgIpc) is 1.64. The van der Waals surface area contributed by atoms with E-state index in [1.165, 1.54) is 0 Å². The zero-order valence-corrected chi connectivity index (χ0v) is 5.45. The first-order valence-corrected chi connectivity index (χ1v) is 3.38. The molecule has 1 saturated carbocycles. The molecule has 1 atom stereocenters. The van der Waals surface area contributed by atoms with Gasteiger partial charge in [0.25, 0.3) is 0 Å². The van der Waals surface area contributed by atoms with Crippen molar-refractivity contribution in [1.82, 2.24) is 0 Å². The molecule has 2 heteroatoms. The highest BCUT2D eigenvalue weighted by Gasteiger charge is 2.15. The van der Waals surface area contributed by atoms with E-state index in [4.69, 9.17) is 11.6 Å². The number of hydrogen-bond donors (Lipinski definition) is 0. The van der Waals surface area contributed by atoms with E-state index in [1.54, 1.807) is 0 Å². The molecule has 0 aliphatic heterocycles. The third kappa shape index (κ3) is 1.48. The molecule has 1 aliphatic rings. The van der Waals surface area contributed by atoms with E-state index in [9.17, 15) is 4.79 Å². The van der Waals surface area contributed by atoms with Gasteiger partial charge in [0, 0.05) is 18.2 Å². The SMILES string of the molecule is O=C1CCC[C@@H](Cl)C1. The molecule has 0 bridgehead atoms. The summed E-state index contributed by atoms with van der Waals surface area (Å²) in [6, 6.07) is 0.